The van der Waals surface area contributed by atoms with Gasteiger partial charge in [-0.2, -0.15) is 0 Å². The molecular weight excluding hydrogens is 336 g/mol. The van der Waals surface area contributed by atoms with Crippen LogP contribution in [0.4, 0.5) is 0 Å². The molecule has 0 spiro atoms. The highest BCUT2D eigenvalue weighted by Gasteiger charge is 2.11. The van der Waals surface area contributed by atoms with Crippen LogP contribution in [-0.4, -0.2) is 19.7 Å². The molecule has 0 aliphatic carbocycles. The van der Waals surface area contributed by atoms with Gasteiger partial charge in [0.1, 0.15) is 6.61 Å². The van der Waals surface area contributed by atoms with E-state index < -0.39 is 0 Å². The largest absolute Gasteiger partial charge is 0.471 e. The van der Waals surface area contributed by atoms with Gasteiger partial charge in [0.25, 0.3) is 0 Å². The van der Waals surface area contributed by atoms with Crippen molar-refractivity contribution in [3.63, 3.8) is 0 Å². The van der Waals surface area contributed by atoms with E-state index in [1.807, 2.05) is 37.6 Å². The lowest BCUT2D eigenvalue weighted by molar-refractivity contribution is 0.292. The highest BCUT2D eigenvalue weighted by Crippen LogP contribution is 2.29. The molecule has 0 amide bonds. The third-order valence-electron chi connectivity index (χ3n) is 4.40. The smallest absolute Gasteiger partial charge is 0.241 e. The first-order valence-corrected chi connectivity index (χ1v) is 8.78. The monoisotopic (exact) mass is 356 g/mol. The van der Waals surface area contributed by atoms with Crippen LogP contribution in [-0.2, 0) is 13.7 Å². The van der Waals surface area contributed by atoms with Gasteiger partial charge in [0, 0.05) is 37.4 Å². The quantitative estimate of drug-likeness (QED) is 0.531. The molecule has 3 heterocycles. The van der Waals surface area contributed by atoms with Crippen LogP contribution in [0.25, 0.3) is 22.4 Å². The maximum Gasteiger partial charge on any atom is 0.241 e. The standard InChI is InChI=1S/C22H20N4O/c1-16-4-3-11-24-21(16)19-7-5-17(6-8-19)15-27-22-20(14-26(2)25-22)18-9-12-23-13-10-18/h3-14H,15H2,1-2H3. The van der Waals surface area contributed by atoms with Crippen LogP contribution < -0.4 is 4.74 Å². The Bertz CT molecular complexity index is 1040. The van der Waals surface area contributed by atoms with E-state index in [0.29, 0.717) is 12.5 Å². The minimum Gasteiger partial charge on any atom is -0.471 e. The molecule has 0 aliphatic rings. The van der Waals surface area contributed by atoms with Crippen LogP contribution in [0.5, 0.6) is 5.88 Å². The Balaban J connectivity index is 1.51. The lowest BCUT2D eigenvalue weighted by Gasteiger charge is -2.08. The lowest BCUT2D eigenvalue weighted by Crippen LogP contribution is -1.98. The summed E-state index contributed by atoms with van der Waals surface area (Å²) in [6.45, 7) is 2.53. The molecule has 0 saturated carbocycles. The zero-order valence-electron chi connectivity index (χ0n) is 15.3. The first-order chi connectivity index (χ1) is 13.2. The van der Waals surface area contributed by atoms with E-state index in [1.165, 1.54) is 0 Å². The summed E-state index contributed by atoms with van der Waals surface area (Å²) in [5.74, 6) is 0.619. The van der Waals surface area contributed by atoms with E-state index in [2.05, 4.69) is 52.3 Å². The lowest BCUT2D eigenvalue weighted by atomic mass is 10.1. The Kier molecular flexibility index (Phi) is 4.66. The molecule has 5 nitrogen and oxygen atoms in total. The fraction of sp³-hybridized carbons (Fsp3) is 0.136. The van der Waals surface area contributed by atoms with Crippen molar-refractivity contribution in [2.75, 3.05) is 0 Å². The molecular formula is C22H20N4O. The van der Waals surface area contributed by atoms with E-state index in [4.69, 9.17) is 4.74 Å². The predicted molar refractivity (Wildman–Crippen MR) is 105 cm³/mol. The number of hydrogen-bond donors (Lipinski definition) is 0. The second-order valence-electron chi connectivity index (χ2n) is 6.41. The number of aryl methyl sites for hydroxylation is 2. The Labute approximate surface area is 158 Å². The molecule has 4 rings (SSSR count). The maximum atomic E-state index is 6.00. The third kappa shape index (κ3) is 3.72. The van der Waals surface area contributed by atoms with Gasteiger partial charge in [-0.05, 0) is 41.8 Å². The first-order valence-electron chi connectivity index (χ1n) is 8.78. The normalized spacial score (nSPS) is 10.7. The highest BCUT2D eigenvalue weighted by atomic mass is 16.5. The van der Waals surface area contributed by atoms with E-state index in [1.54, 1.807) is 17.1 Å². The first kappa shape index (κ1) is 17.0. The number of nitrogens with zero attached hydrogens (tertiary/aromatic N) is 4. The van der Waals surface area contributed by atoms with Crippen LogP contribution in [0.1, 0.15) is 11.1 Å². The molecule has 0 N–H and O–H groups in total. The van der Waals surface area contributed by atoms with Crippen molar-refractivity contribution in [1.29, 1.82) is 0 Å². The molecule has 0 atom stereocenters. The Hall–Kier alpha value is -3.47. The summed E-state index contributed by atoms with van der Waals surface area (Å²) < 4.78 is 7.76. The molecule has 27 heavy (non-hydrogen) atoms. The van der Waals surface area contributed by atoms with Crippen molar-refractivity contribution in [3.05, 3.63) is 84.4 Å². The van der Waals surface area contributed by atoms with Gasteiger partial charge in [-0.1, -0.05) is 30.3 Å². The molecule has 0 radical (unpaired) electrons. The molecule has 0 aliphatic heterocycles. The van der Waals surface area contributed by atoms with Crippen molar-refractivity contribution in [2.24, 2.45) is 7.05 Å². The minimum atomic E-state index is 0.455. The van der Waals surface area contributed by atoms with E-state index in [9.17, 15) is 0 Å². The number of ether oxygens (including phenoxy) is 1. The highest BCUT2D eigenvalue weighted by molar-refractivity contribution is 5.67. The number of benzene rings is 1. The van der Waals surface area contributed by atoms with Crippen LogP contribution in [0.2, 0.25) is 0 Å². The number of hydrogen-bond acceptors (Lipinski definition) is 4. The van der Waals surface area contributed by atoms with Gasteiger partial charge < -0.3 is 4.74 Å². The SMILES string of the molecule is Cc1cccnc1-c1ccc(COc2nn(C)cc2-c2ccncc2)cc1. The summed E-state index contributed by atoms with van der Waals surface area (Å²) in [5.41, 5.74) is 6.35. The summed E-state index contributed by atoms with van der Waals surface area (Å²) in [4.78, 5) is 8.54. The Morgan fingerprint density at radius 1 is 0.926 bits per heavy atom. The van der Waals surface area contributed by atoms with Crippen molar-refractivity contribution in [1.82, 2.24) is 19.7 Å². The van der Waals surface area contributed by atoms with Crippen LogP contribution in [0.3, 0.4) is 0 Å². The van der Waals surface area contributed by atoms with Crippen LogP contribution >= 0.6 is 0 Å². The number of aromatic nitrogens is 4. The van der Waals surface area contributed by atoms with Gasteiger partial charge in [0.2, 0.25) is 5.88 Å². The maximum absolute atomic E-state index is 6.00. The van der Waals surface area contributed by atoms with Crippen molar-refractivity contribution in [3.8, 4) is 28.3 Å². The second kappa shape index (κ2) is 7.41. The van der Waals surface area contributed by atoms with E-state index in [0.717, 1.165) is 33.5 Å². The summed E-state index contributed by atoms with van der Waals surface area (Å²) in [7, 11) is 1.89. The molecule has 3 aromatic heterocycles. The van der Waals surface area contributed by atoms with Crippen LogP contribution in [0.15, 0.2) is 73.3 Å². The topological polar surface area (TPSA) is 52.8 Å². The number of rotatable bonds is 5. The van der Waals surface area contributed by atoms with Gasteiger partial charge >= 0.3 is 0 Å². The molecule has 0 saturated heterocycles. The third-order valence-corrected chi connectivity index (χ3v) is 4.40. The molecule has 4 aromatic rings. The van der Waals surface area contributed by atoms with Crippen molar-refractivity contribution >= 4 is 0 Å². The molecule has 0 unspecified atom stereocenters. The predicted octanol–water partition coefficient (Wildman–Crippen LogP) is 4.43. The average Bonchev–Trinajstić information content (AvgIpc) is 3.09. The fourth-order valence-corrected chi connectivity index (χ4v) is 3.00. The number of pyridine rings is 2. The molecule has 0 fully saturated rings. The van der Waals surface area contributed by atoms with E-state index in [-0.39, 0.29) is 0 Å². The molecule has 5 heteroatoms. The summed E-state index contributed by atoms with van der Waals surface area (Å²) in [6, 6.07) is 16.2. The Morgan fingerprint density at radius 3 is 2.44 bits per heavy atom. The van der Waals surface area contributed by atoms with Gasteiger partial charge in [-0.15, -0.1) is 5.10 Å². The second-order valence-corrected chi connectivity index (χ2v) is 6.41. The average molecular weight is 356 g/mol. The zero-order valence-corrected chi connectivity index (χ0v) is 15.3. The molecule has 1 aromatic carbocycles. The van der Waals surface area contributed by atoms with E-state index >= 15 is 0 Å². The van der Waals surface area contributed by atoms with Crippen molar-refractivity contribution in [2.45, 2.75) is 13.5 Å². The minimum absolute atomic E-state index is 0.455. The van der Waals surface area contributed by atoms with Crippen molar-refractivity contribution < 1.29 is 4.74 Å². The van der Waals surface area contributed by atoms with Gasteiger partial charge in [-0.25, -0.2) is 0 Å². The Morgan fingerprint density at radius 2 is 1.70 bits per heavy atom. The summed E-state index contributed by atoms with van der Waals surface area (Å²) >= 11 is 0. The molecule has 134 valence electrons. The fourth-order valence-electron chi connectivity index (χ4n) is 3.00. The van der Waals surface area contributed by atoms with Gasteiger partial charge in [0.05, 0.1) is 11.3 Å². The summed E-state index contributed by atoms with van der Waals surface area (Å²) in [5, 5.41) is 4.44. The zero-order chi connectivity index (χ0) is 18.6. The van der Waals surface area contributed by atoms with Gasteiger partial charge in [-0.3, -0.25) is 14.6 Å². The van der Waals surface area contributed by atoms with Gasteiger partial charge in [0.15, 0.2) is 0 Å². The summed E-state index contributed by atoms with van der Waals surface area (Å²) in [6.07, 6.45) is 7.31. The molecule has 0 bridgehead atoms. The van der Waals surface area contributed by atoms with Crippen LogP contribution in [0, 0.1) is 6.92 Å².